The standard InChI is InChI=1S/C28H30S4/c1-15(2)11-19-7-9-23(31-19)25-21-13-17(5)30-28(21)26(22-14-18(6)29-27(22)25)24-10-8-20(32-24)12-16(3)4/h7-10,13-16H,11-12H2,1-6H3. The summed E-state index contributed by atoms with van der Waals surface area (Å²) in [6.07, 6.45) is 2.32. The molecule has 0 saturated carbocycles. The molecule has 4 heterocycles. The zero-order valence-electron chi connectivity index (χ0n) is 19.7. The van der Waals surface area contributed by atoms with E-state index in [2.05, 4.69) is 77.9 Å². The SMILES string of the molecule is Cc1cc2c(-c3ccc(CC(C)C)s3)c3sc(C)cc3c(-c3ccc(CC(C)C)s3)c2s1. The molecule has 0 atom stereocenters. The summed E-state index contributed by atoms with van der Waals surface area (Å²) in [6.45, 7) is 13.8. The van der Waals surface area contributed by atoms with Gasteiger partial charge >= 0.3 is 0 Å². The fourth-order valence-corrected chi connectivity index (χ4v) is 9.44. The molecular weight excluding hydrogens is 465 g/mol. The Bertz CT molecular complexity index is 1240. The first-order valence-corrected chi connectivity index (χ1v) is 14.7. The summed E-state index contributed by atoms with van der Waals surface area (Å²) in [5.74, 6) is 1.38. The molecule has 0 aliphatic carbocycles. The zero-order chi connectivity index (χ0) is 22.6. The van der Waals surface area contributed by atoms with Gasteiger partial charge < -0.3 is 0 Å². The highest BCUT2D eigenvalue weighted by Gasteiger charge is 2.22. The monoisotopic (exact) mass is 494 g/mol. The van der Waals surface area contributed by atoms with Crippen molar-refractivity contribution in [2.75, 3.05) is 0 Å². The molecule has 5 aromatic rings. The van der Waals surface area contributed by atoms with Crippen LogP contribution in [0.5, 0.6) is 0 Å². The first-order valence-electron chi connectivity index (χ1n) is 11.4. The fraction of sp³-hybridized carbons (Fsp3) is 0.357. The summed E-state index contributed by atoms with van der Waals surface area (Å²) in [7, 11) is 0. The number of rotatable bonds is 6. The summed E-state index contributed by atoms with van der Waals surface area (Å²) < 4.78 is 2.92. The van der Waals surface area contributed by atoms with Crippen LogP contribution in [0.4, 0.5) is 0 Å². The highest BCUT2D eigenvalue weighted by molar-refractivity contribution is 7.23. The zero-order valence-corrected chi connectivity index (χ0v) is 22.9. The van der Waals surface area contributed by atoms with Gasteiger partial charge in [-0.25, -0.2) is 0 Å². The fourth-order valence-electron chi connectivity index (χ4n) is 4.55. The molecule has 0 aliphatic rings. The van der Waals surface area contributed by atoms with E-state index in [1.807, 2.05) is 45.3 Å². The number of hydrogen-bond donors (Lipinski definition) is 0. The van der Waals surface area contributed by atoms with E-state index < -0.39 is 0 Å². The van der Waals surface area contributed by atoms with Crippen LogP contribution in [-0.2, 0) is 12.8 Å². The van der Waals surface area contributed by atoms with Crippen LogP contribution in [-0.4, -0.2) is 0 Å². The smallest absolute Gasteiger partial charge is 0.0445 e. The molecule has 0 saturated heterocycles. The lowest BCUT2D eigenvalue weighted by Crippen LogP contribution is -1.89. The molecule has 0 radical (unpaired) electrons. The number of fused-ring (bicyclic) bond motifs is 2. The largest absolute Gasteiger partial charge is 0.140 e. The third-order valence-electron chi connectivity index (χ3n) is 5.74. The molecule has 0 fully saturated rings. The van der Waals surface area contributed by atoms with Gasteiger partial charge in [0.1, 0.15) is 0 Å². The van der Waals surface area contributed by atoms with Crippen LogP contribution in [0.3, 0.4) is 0 Å². The van der Waals surface area contributed by atoms with Crippen molar-refractivity contribution in [3.63, 3.8) is 0 Å². The second kappa shape index (κ2) is 8.72. The van der Waals surface area contributed by atoms with Gasteiger partial charge in [-0.3, -0.25) is 0 Å². The number of thiophene rings is 4. The van der Waals surface area contributed by atoms with Crippen molar-refractivity contribution >= 4 is 65.5 Å². The maximum atomic E-state index is 2.43. The van der Waals surface area contributed by atoms with Crippen molar-refractivity contribution in [2.45, 2.75) is 54.4 Å². The second-order valence-electron chi connectivity index (χ2n) is 9.68. The van der Waals surface area contributed by atoms with Gasteiger partial charge in [-0.2, -0.15) is 0 Å². The van der Waals surface area contributed by atoms with Crippen LogP contribution in [0.15, 0.2) is 36.4 Å². The molecule has 0 nitrogen and oxygen atoms in total. The maximum absolute atomic E-state index is 2.43. The number of hydrogen-bond acceptors (Lipinski definition) is 4. The summed E-state index contributed by atoms with van der Waals surface area (Å²) in [6, 6.07) is 14.3. The Balaban J connectivity index is 1.78. The molecule has 0 unspecified atom stereocenters. The van der Waals surface area contributed by atoms with Gasteiger partial charge in [0.2, 0.25) is 0 Å². The Morgan fingerprint density at radius 1 is 0.594 bits per heavy atom. The Hall–Kier alpha value is -1.46. The molecule has 0 amide bonds. The van der Waals surface area contributed by atoms with Gasteiger partial charge in [0.15, 0.2) is 0 Å². The average Bonchev–Trinajstić information content (AvgIpc) is 3.46. The molecule has 4 aromatic heterocycles. The molecule has 4 heteroatoms. The predicted octanol–water partition coefficient (Wildman–Crippen LogP) is 10.6. The van der Waals surface area contributed by atoms with Gasteiger partial charge in [-0.1, -0.05) is 27.7 Å². The van der Waals surface area contributed by atoms with Gasteiger partial charge in [-0.05, 0) is 74.9 Å². The van der Waals surface area contributed by atoms with E-state index in [0.717, 1.165) is 12.8 Å². The van der Waals surface area contributed by atoms with Crippen LogP contribution >= 0.6 is 45.3 Å². The van der Waals surface area contributed by atoms with E-state index in [9.17, 15) is 0 Å². The minimum Gasteiger partial charge on any atom is -0.140 e. The molecule has 0 bridgehead atoms. The lowest BCUT2D eigenvalue weighted by molar-refractivity contribution is 0.654. The molecular formula is C28H30S4. The van der Waals surface area contributed by atoms with Crippen molar-refractivity contribution in [2.24, 2.45) is 11.8 Å². The summed E-state index contributed by atoms with van der Waals surface area (Å²) in [5, 5.41) is 2.88. The van der Waals surface area contributed by atoms with E-state index in [4.69, 9.17) is 0 Å². The number of benzene rings is 1. The van der Waals surface area contributed by atoms with Crippen molar-refractivity contribution in [1.82, 2.24) is 0 Å². The molecule has 0 N–H and O–H groups in total. The van der Waals surface area contributed by atoms with Crippen LogP contribution in [0, 0.1) is 25.7 Å². The topological polar surface area (TPSA) is 0 Å². The van der Waals surface area contributed by atoms with E-state index in [0.29, 0.717) is 11.8 Å². The Kier molecular flexibility index (Phi) is 6.08. The average molecular weight is 495 g/mol. The summed E-state index contributed by atoms with van der Waals surface area (Å²) >= 11 is 7.90. The molecule has 5 rings (SSSR count). The Morgan fingerprint density at radius 2 is 1.00 bits per heavy atom. The molecule has 1 aromatic carbocycles. The quantitative estimate of drug-likeness (QED) is 0.220. The third kappa shape index (κ3) is 4.11. The first-order chi connectivity index (χ1) is 15.3. The van der Waals surface area contributed by atoms with Gasteiger partial charge in [0.05, 0.1) is 0 Å². The third-order valence-corrected chi connectivity index (χ3v) is 10.1. The number of aryl methyl sites for hydroxylation is 2. The molecule has 0 aliphatic heterocycles. The Labute approximate surface area is 207 Å². The highest BCUT2D eigenvalue weighted by atomic mass is 32.1. The van der Waals surface area contributed by atoms with E-state index in [1.54, 1.807) is 0 Å². The molecule has 32 heavy (non-hydrogen) atoms. The van der Waals surface area contributed by atoms with E-state index in [-0.39, 0.29) is 0 Å². The van der Waals surface area contributed by atoms with Gasteiger partial charge in [0, 0.05) is 60.6 Å². The van der Waals surface area contributed by atoms with Crippen LogP contribution in [0.2, 0.25) is 0 Å². The van der Waals surface area contributed by atoms with Crippen molar-refractivity contribution < 1.29 is 0 Å². The molecule has 0 spiro atoms. The van der Waals surface area contributed by atoms with Crippen LogP contribution in [0.25, 0.3) is 41.1 Å². The minimum absolute atomic E-state index is 0.690. The van der Waals surface area contributed by atoms with Crippen molar-refractivity contribution in [1.29, 1.82) is 0 Å². The molecule has 166 valence electrons. The van der Waals surface area contributed by atoms with Crippen LogP contribution in [0.1, 0.15) is 47.2 Å². The lowest BCUT2D eigenvalue weighted by Gasteiger charge is -2.10. The van der Waals surface area contributed by atoms with Gasteiger partial charge in [0.25, 0.3) is 0 Å². The first kappa shape index (κ1) is 22.3. The normalized spacial score (nSPS) is 12.2. The Morgan fingerprint density at radius 3 is 1.38 bits per heavy atom. The van der Waals surface area contributed by atoms with Crippen molar-refractivity contribution in [3.8, 4) is 20.9 Å². The maximum Gasteiger partial charge on any atom is 0.0445 e. The van der Waals surface area contributed by atoms with Gasteiger partial charge in [-0.15, -0.1) is 45.3 Å². The highest BCUT2D eigenvalue weighted by Crippen LogP contribution is 2.51. The summed E-state index contributed by atoms with van der Waals surface area (Å²) in [5.41, 5.74) is 2.92. The van der Waals surface area contributed by atoms with E-state index >= 15 is 0 Å². The van der Waals surface area contributed by atoms with Crippen LogP contribution < -0.4 is 0 Å². The second-order valence-corrected chi connectivity index (χ2v) is 14.5. The van der Waals surface area contributed by atoms with E-state index in [1.165, 1.54) is 60.6 Å². The van der Waals surface area contributed by atoms with Crippen molar-refractivity contribution in [3.05, 3.63) is 55.9 Å². The lowest BCUT2D eigenvalue weighted by atomic mass is 9.99. The minimum atomic E-state index is 0.690. The summed E-state index contributed by atoms with van der Waals surface area (Å²) in [4.78, 5) is 8.64. The predicted molar refractivity (Wildman–Crippen MR) is 150 cm³/mol.